The van der Waals surface area contributed by atoms with Crippen LogP contribution in [0, 0.1) is 11.3 Å². The monoisotopic (exact) mass is 370 g/mol. The first-order valence-corrected chi connectivity index (χ1v) is 8.43. The van der Waals surface area contributed by atoms with Crippen LogP contribution in [0.1, 0.15) is 24.8 Å². The second-order valence-electron chi connectivity index (χ2n) is 5.92. The van der Waals surface area contributed by atoms with E-state index in [9.17, 15) is 14.9 Å². The van der Waals surface area contributed by atoms with E-state index in [0.29, 0.717) is 47.9 Å². The Morgan fingerprint density at radius 3 is 2.70 bits per heavy atom. The number of carboxylic acid groups (broad SMARTS) is 1. The molecule has 1 aliphatic rings. The van der Waals surface area contributed by atoms with E-state index in [4.69, 9.17) is 14.6 Å². The molecule has 0 unspecified atom stereocenters. The summed E-state index contributed by atoms with van der Waals surface area (Å²) in [4.78, 5) is 26.3. The van der Waals surface area contributed by atoms with Gasteiger partial charge < -0.3 is 25.2 Å². The summed E-state index contributed by atoms with van der Waals surface area (Å²) in [6.45, 7) is 1.07. The number of amides is 1. The molecule has 0 bridgehead atoms. The SMILES string of the molecule is N#Cc1cc2cc3c(cc2nc1NCCCNC(=O)CCC(=O)O)OCO3. The molecule has 0 saturated heterocycles. The minimum atomic E-state index is -0.999. The van der Waals surface area contributed by atoms with Gasteiger partial charge in [0.05, 0.1) is 17.5 Å². The normalized spacial score (nSPS) is 11.8. The van der Waals surface area contributed by atoms with Gasteiger partial charge in [0.25, 0.3) is 0 Å². The Hall–Kier alpha value is -3.54. The standard InChI is InChI=1S/C18H18N4O5/c19-9-12-6-11-7-14-15(27-10-26-14)8-13(11)22-18(12)21-5-1-4-20-16(23)2-3-17(24)25/h6-8H,1-5,10H2,(H,20,23)(H,21,22)(H,24,25). The summed E-state index contributed by atoms with van der Waals surface area (Å²) in [6.07, 6.45) is 0.378. The van der Waals surface area contributed by atoms with E-state index < -0.39 is 5.97 Å². The fraction of sp³-hybridized carbons (Fsp3) is 0.333. The van der Waals surface area contributed by atoms with Gasteiger partial charge in [-0.15, -0.1) is 0 Å². The maximum absolute atomic E-state index is 11.4. The first-order valence-electron chi connectivity index (χ1n) is 8.43. The Bertz CT molecular complexity index is 922. The number of nitrogens with zero attached hydrogens (tertiary/aromatic N) is 2. The van der Waals surface area contributed by atoms with Crippen LogP contribution in [0.2, 0.25) is 0 Å². The molecule has 2 aromatic rings. The number of benzene rings is 1. The molecule has 27 heavy (non-hydrogen) atoms. The number of ether oxygens (including phenoxy) is 2. The number of carboxylic acids is 1. The Morgan fingerprint density at radius 2 is 1.96 bits per heavy atom. The van der Waals surface area contributed by atoms with Crippen molar-refractivity contribution in [2.75, 3.05) is 25.2 Å². The minimum Gasteiger partial charge on any atom is -0.481 e. The average Bonchev–Trinajstić information content (AvgIpc) is 3.10. The molecule has 1 aromatic heterocycles. The predicted octanol–water partition coefficient (Wildman–Crippen LogP) is 1.62. The van der Waals surface area contributed by atoms with Gasteiger partial charge in [0.15, 0.2) is 11.5 Å². The summed E-state index contributed by atoms with van der Waals surface area (Å²) in [5.74, 6) is 0.416. The van der Waals surface area contributed by atoms with E-state index in [1.807, 2.05) is 0 Å². The second-order valence-corrected chi connectivity index (χ2v) is 5.92. The molecule has 3 N–H and O–H groups in total. The molecule has 0 radical (unpaired) electrons. The first-order chi connectivity index (χ1) is 13.1. The first kappa shape index (κ1) is 18.3. The average molecular weight is 370 g/mol. The topological polar surface area (TPSA) is 134 Å². The molecule has 9 heteroatoms. The van der Waals surface area contributed by atoms with Crippen molar-refractivity contribution in [3.8, 4) is 17.6 Å². The number of fused-ring (bicyclic) bond motifs is 2. The van der Waals surface area contributed by atoms with Crippen molar-refractivity contribution in [2.24, 2.45) is 0 Å². The van der Waals surface area contributed by atoms with Crippen molar-refractivity contribution in [3.63, 3.8) is 0 Å². The highest BCUT2D eigenvalue weighted by atomic mass is 16.7. The Labute approximate surface area is 154 Å². The van der Waals surface area contributed by atoms with Gasteiger partial charge in [0.1, 0.15) is 11.9 Å². The number of hydrogen-bond acceptors (Lipinski definition) is 7. The van der Waals surface area contributed by atoms with E-state index in [0.717, 1.165) is 5.39 Å². The van der Waals surface area contributed by atoms with E-state index >= 15 is 0 Å². The highest BCUT2D eigenvalue weighted by Crippen LogP contribution is 2.36. The predicted molar refractivity (Wildman–Crippen MR) is 95.6 cm³/mol. The number of rotatable bonds is 8. The van der Waals surface area contributed by atoms with Crippen LogP contribution in [0.4, 0.5) is 5.82 Å². The van der Waals surface area contributed by atoms with Gasteiger partial charge in [-0.3, -0.25) is 9.59 Å². The lowest BCUT2D eigenvalue weighted by atomic mass is 10.1. The lowest BCUT2D eigenvalue weighted by Crippen LogP contribution is -2.26. The molecule has 0 atom stereocenters. The Kier molecular flexibility index (Phi) is 5.56. The highest BCUT2D eigenvalue weighted by Gasteiger charge is 2.16. The number of aromatic nitrogens is 1. The Balaban J connectivity index is 1.57. The lowest BCUT2D eigenvalue weighted by molar-refractivity contribution is -0.138. The van der Waals surface area contributed by atoms with Crippen LogP contribution in [0.15, 0.2) is 18.2 Å². The van der Waals surface area contributed by atoms with E-state index in [-0.39, 0.29) is 25.5 Å². The molecule has 9 nitrogen and oxygen atoms in total. The smallest absolute Gasteiger partial charge is 0.303 e. The van der Waals surface area contributed by atoms with Crippen LogP contribution in [0.25, 0.3) is 10.9 Å². The van der Waals surface area contributed by atoms with E-state index in [2.05, 4.69) is 21.7 Å². The third-order valence-corrected chi connectivity index (χ3v) is 3.96. The molecule has 0 fully saturated rings. The van der Waals surface area contributed by atoms with Crippen molar-refractivity contribution in [1.29, 1.82) is 5.26 Å². The summed E-state index contributed by atoms with van der Waals surface area (Å²) in [5, 5.41) is 24.4. The largest absolute Gasteiger partial charge is 0.481 e. The molecule has 1 aromatic carbocycles. The number of nitrogens with one attached hydrogen (secondary N) is 2. The second kappa shape index (κ2) is 8.23. The summed E-state index contributed by atoms with van der Waals surface area (Å²) < 4.78 is 10.7. The van der Waals surface area contributed by atoms with Crippen molar-refractivity contribution < 1.29 is 24.2 Å². The summed E-state index contributed by atoms with van der Waals surface area (Å²) in [5.41, 5.74) is 1.09. The molecule has 3 rings (SSSR count). The van der Waals surface area contributed by atoms with Gasteiger partial charge in [-0.1, -0.05) is 0 Å². The van der Waals surface area contributed by atoms with Crippen LogP contribution in [-0.4, -0.2) is 41.8 Å². The van der Waals surface area contributed by atoms with Gasteiger partial charge in [-0.2, -0.15) is 5.26 Å². The molecule has 0 saturated carbocycles. The van der Waals surface area contributed by atoms with Crippen LogP contribution in [0.5, 0.6) is 11.5 Å². The summed E-state index contributed by atoms with van der Waals surface area (Å²) >= 11 is 0. The van der Waals surface area contributed by atoms with Gasteiger partial charge in [-0.25, -0.2) is 4.98 Å². The summed E-state index contributed by atoms with van der Waals surface area (Å²) in [7, 11) is 0. The van der Waals surface area contributed by atoms with Crippen LogP contribution in [0.3, 0.4) is 0 Å². The fourth-order valence-corrected chi connectivity index (χ4v) is 2.62. The zero-order valence-electron chi connectivity index (χ0n) is 14.4. The number of anilines is 1. The molecular formula is C18H18N4O5. The number of aliphatic carboxylic acids is 1. The molecule has 0 aliphatic carbocycles. The van der Waals surface area contributed by atoms with Crippen LogP contribution < -0.4 is 20.1 Å². The van der Waals surface area contributed by atoms with Gasteiger partial charge >= 0.3 is 5.97 Å². The number of nitriles is 1. The lowest BCUT2D eigenvalue weighted by Gasteiger charge is -2.10. The van der Waals surface area contributed by atoms with Gasteiger partial charge in [0, 0.05) is 31.0 Å². The summed E-state index contributed by atoms with van der Waals surface area (Å²) in [6, 6.07) is 7.42. The van der Waals surface area contributed by atoms with E-state index in [1.165, 1.54) is 0 Å². The van der Waals surface area contributed by atoms with Crippen LogP contribution >= 0.6 is 0 Å². The zero-order chi connectivity index (χ0) is 19.2. The third-order valence-electron chi connectivity index (χ3n) is 3.96. The molecule has 140 valence electrons. The fourth-order valence-electron chi connectivity index (χ4n) is 2.62. The maximum atomic E-state index is 11.4. The van der Waals surface area contributed by atoms with Crippen molar-refractivity contribution in [1.82, 2.24) is 10.3 Å². The number of pyridine rings is 1. The van der Waals surface area contributed by atoms with Crippen molar-refractivity contribution in [2.45, 2.75) is 19.3 Å². The van der Waals surface area contributed by atoms with Crippen LogP contribution in [-0.2, 0) is 9.59 Å². The number of hydrogen-bond donors (Lipinski definition) is 3. The van der Waals surface area contributed by atoms with Crippen molar-refractivity contribution >= 4 is 28.6 Å². The quantitative estimate of drug-likeness (QED) is 0.597. The molecular weight excluding hydrogens is 352 g/mol. The van der Waals surface area contributed by atoms with Gasteiger partial charge in [-0.05, 0) is 18.6 Å². The third kappa shape index (κ3) is 4.55. The number of carbonyl (C=O) groups excluding carboxylic acids is 1. The molecule has 1 aliphatic heterocycles. The molecule has 1 amide bonds. The van der Waals surface area contributed by atoms with E-state index in [1.54, 1.807) is 18.2 Å². The Morgan fingerprint density at radius 1 is 1.19 bits per heavy atom. The molecule has 0 spiro atoms. The zero-order valence-corrected chi connectivity index (χ0v) is 14.4. The number of carbonyl (C=O) groups is 2. The highest BCUT2D eigenvalue weighted by molar-refractivity contribution is 5.86. The van der Waals surface area contributed by atoms with Crippen molar-refractivity contribution in [3.05, 3.63) is 23.8 Å². The van der Waals surface area contributed by atoms with Gasteiger partial charge in [0.2, 0.25) is 12.7 Å². The minimum absolute atomic E-state index is 0.0380. The maximum Gasteiger partial charge on any atom is 0.303 e. The molecule has 2 heterocycles.